The summed E-state index contributed by atoms with van der Waals surface area (Å²) in [5.41, 5.74) is 0.700. The van der Waals surface area contributed by atoms with Crippen molar-refractivity contribution in [3.63, 3.8) is 0 Å². The van der Waals surface area contributed by atoms with Crippen molar-refractivity contribution in [2.24, 2.45) is 0 Å². The normalized spacial score (nSPS) is 10.1. The fraction of sp³-hybridized carbons (Fsp3) is 0.143. The van der Waals surface area contributed by atoms with Crippen LogP contribution in [-0.2, 0) is 16.0 Å². The van der Waals surface area contributed by atoms with Crippen molar-refractivity contribution in [3.05, 3.63) is 51.1 Å². The van der Waals surface area contributed by atoms with Gasteiger partial charge in [-0.05, 0) is 35.7 Å². The zero-order valence-corrected chi connectivity index (χ0v) is 13.0. The Balaban J connectivity index is 1.74. The van der Waals surface area contributed by atoms with Gasteiger partial charge in [-0.3, -0.25) is 9.59 Å². The third kappa shape index (κ3) is 4.79. The number of amides is 2. The minimum Gasteiger partial charge on any atom is -0.347 e. The number of anilines is 1. The van der Waals surface area contributed by atoms with Crippen molar-refractivity contribution >= 4 is 44.8 Å². The summed E-state index contributed by atoms with van der Waals surface area (Å²) in [6.45, 7) is -0.0275. The van der Waals surface area contributed by atoms with Crippen molar-refractivity contribution in [2.45, 2.75) is 6.42 Å². The molecular formula is C14H13BrN2O2S. The topological polar surface area (TPSA) is 58.2 Å². The van der Waals surface area contributed by atoms with Gasteiger partial charge in [0.15, 0.2) is 0 Å². The Kier molecular flexibility index (Phi) is 5.31. The second kappa shape index (κ2) is 7.21. The number of hydrogen-bond donors (Lipinski definition) is 2. The number of nitrogens with one attached hydrogen (secondary N) is 2. The molecule has 4 nitrogen and oxygen atoms in total. The van der Waals surface area contributed by atoms with E-state index in [1.165, 1.54) is 11.3 Å². The van der Waals surface area contributed by atoms with E-state index < -0.39 is 0 Å². The van der Waals surface area contributed by atoms with Crippen LogP contribution in [0.2, 0.25) is 0 Å². The number of thiophene rings is 1. The molecule has 2 aromatic rings. The van der Waals surface area contributed by atoms with E-state index in [0.717, 1.165) is 9.35 Å². The molecule has 0 saturated carbocycles. The number of hydrogen-bond acceptors (Lipinski definition) is 3. The summed E-state index contributed by atoms with van der Waals surface area (Å²) in [6.07, 6.45) is 0.309. The molecule has 0 aliphatic rings. The Morgan fingerprint density at radius 2 is 1.85 bits per heavy atom. The summed E-state index contributed by atoms with van der Waals surface area (Å²) in [5.74, 6) is -0.398. The van der Waals surface area contributed by atoms with Gasteiger partial charge < -0.3 is 10.6 Å². The van der Waals surface area contributed by atoms with Gasteiger partial charge in [0.2, 0.25) is 11.8 Å². The highest BCUT2D eigenvalue weighted by molar-refractivity contribution is 9.10. The highest BCUT2D eigenvalue weighted by atomic mass is 79.9. The third-order valence-corrected chi connectivity index (χ3v) is 3.89. The lowest BCUT2D eigenvalue weighted by molar-refractivity contribution is -0.123. The number of rotatable bonds is 5. The van der Waals surface area contributed by atoms with Crippen molar-refractivity contribution < 1.29 is 9.59 Å². The molecule has 0 unspecified atom stereocenters. The molecule has 0 aliphatic carbocycles. The minimum absolute atomic E-state index is 0.0275. The molecule has 0 bridgehead atoms. The van der Waals surface area contributed by atoms with Crippen molar-refractivity contribution in [3.8, 4) is 0 Å². The summed E-state index contributed by atoms with van der Waals surface area (Å²) in [5, 5.41) is 7.23. The smallest absolute Gasteiger partial charge is 0.243 e. The molecule has 2 rings (SSSR count). The van der Waals surface area contributed by atoms with Gasteiger partial charge in [0.1, 0.15) is 0 Å². The monoisotopic (exact) mass is 352 g/mol. The Morgan fingerprint density at radius 3 is 2.50 bits per heavy atom. The van der Waals surface area contributed by atoms with Crippen molar-refractivity contribution in [1.29, 1.82) is 0 Å². The molecule has 0 fully saturated rings. The Bertz CT molecular complexity index is 582. The predicted octanol–water partition coefficient (Wildman–Crippen LogP) is 2.81. The van der Waals surface area contributed by atoms with Crippen LogP contribution in [0.5, 0.6) is 0 Å². The van der Waals surface area contributed by atoms with Gasteiger partial charge in [0.25, 0.3) is 0 Å². The highest BCUT2D eigenvalue weighted by Crippen LogP contribution is 2.13. The van der Waals surface area contributed by atoms with Crippen molar-refractivity contribution in [1.82, 2.24) is 5.32 Å². The van der Waals surface area contributed by atoms with Gasteiger partial charge in [-0.25, -0.2) is 0 Å². The second-order valence-electron chi connectivity index (χ2n) is 4.09. The fourth-order valence-corrected chi connectivity index (χ4v) is 2.52. The van der Waals surface area contributed by atoms with E-state index in [-0.39, 0.29) is 18.4 Å². The average molecular weight is 353 g/mol. The van der Waals surface area contributed by atoms with E-state index >= 15 is 0 Å². The van der Waals surface area contributed by atoms with Crippen LogP contribution < -0.4 is 10.6 Å². The van der Waals surface area contributed by atoms with Gasteiger partial charge in [-0.15, -0.1) is 11.3 Å². The molecule has 0 saturated heterocycles. The zero-order valence-electron chi connectivity index (χ0n) is 10.6. The van der Waals surface area contributed by atoms with Gasteiger partial charge in [-0.2, -0.15) is 0 Å². The van der Waals surface area contributed by atoms with Gasteiger partial charge >= 0.3 is 0 Å². The lowest BCUT2D eigenvalue weighted by Crippen LogP contribution is -2.33. The van der Waals surface area contributed by atoms with Crippen LogP contribution in [-0.4, -0.2) is 18.4 Å². The first-order valence-corrected chi connectivity index (χ1v) is 7.65. The van der Waals surface area contributed by atoms with E-state index in [0.29, 0.717) is 12.1 Å². The molecule has 104 valence electrons. The number of carbonyl (C=O) groups excluding carboxylic acids is 2. The summed E-state index contributed by atoms with van der Waals surface area (Å²) >= 11 is 4.84. The molecule has 1 heterocycles. The maximum atomic E-state index is 11.7. The van der Waals surface area contributed by atoms with E-state index in [4.69, 9.17) is 0 Å². The van der Waals surface area contributed by atoms with E-state index in [9.17, 15) is 9.59 Å². The molecule has 6 heteroatoms. The van der Waals surface area contributed by atoms with Crippen LogP contribution in [0.4, 0.5) is 5.69 Å². The average Bonchev–Trinajstić information content (AvgIpc) is 2.92. The highest BCUT2D eigenvalue weighted by Gasteiger charge is 2.07. The fourth-order valence-electron chi connectivity index (χ4n) is 1.55. The Morgan fingerprint density at radius 1 is 1.10 bits per heavy atom. The first-order valence-electron chi connectivity index (χ1n) is 5.98. The van der Waals surface area contributed by atoms with Crippen molar-refractivity contribution in [2.75, 3.05) is 11.9 Å². The Labute approximate surface area is 129 Å². The number of benzene rings is 1. The minimum atomic E-state index is -0.244. The first kappa shape index (κ1) is 14.7. The molecule has 2 amide bonds. The molecule has 0 radical (unpaired) electrons. The molecule has 20 heavy (non-hydrogen) atoms. The quantitative estimate of drug-likeness (QED) is 0.869. The van der Waals surface area contributed by atoms with Gasteiger partial charge in [0, 0.05) is 15.0 Å². The maximum Gasteiger partial charge on any atom is 0.243 e. The molecule has 1 aromatic carbocycles. The lowest BCUT2D eigenvalue weighted by atomic mass is 10.3. The first-order chi connectivity index (χ1) is 9.63. The van der Waals surface area contributed by atoms with Crippen LogP contribution >= 0.6 is 27.3 Å². The standard InChI is InChI=1S/C14H13BrN2O2S/c15-10-3-5-11(6-4-10)17-14(19)9-16-13(18)8-12-2-1-7-20-12/h1-7H,8-9H2,(H,16,18)(H,17,19). The summed E-state index contributed by atoms with van der Waals surface area (Å²) in [6, 6.07) is 11.0. The van der Waals surface area contributed by atoms with Crippen LogP contribution in [0.1, 0.15) is 4.88 Å². The molecule has 0 aliphatic heterocycles. The SMILES string of the molecule is O=C(Cc1cccs1)NCC(=O)Nc1ccc(Br)cc1. The lowest BCUT2D eigenvalue weighted by Gasteiger charge is -2.06. The number of halogens is 1. The summed E-state index contributed by atoms with van der Waals surface area (Å²) < 4.78 is 0.944. The maximum absolute atomic E-state index is 11.7. The van der Waals surface area contributed by atoms with E-state index in [1.807, 2.05) is 29.6 Å². The van der Waals surface area contributed by atoms with Gasteiger partial charge in [-0.1, -0.05) is 22.0 Å². The summed E-state index contributed by atoms with van der Waals surface area (Å²) in [7, 11) is 0. The Hall–Kier alpha value is -1.66. The van der Waals surface area contributed by atoms with Crippen LogP contribution in [0.3, 0.4) is 0 Å². The van der Waals surface area contributed by atoms with E-state index in [1.54, 1.807) is 12.1 Å². The summed E-state index contributed by atoms with van der Waals surface area (Å²) in [4.78, 5) is 24.3. The predicted molar refractivity (Wildman–Crippen MR) is 83.8 cm³/mol. The van der Waals surface area contributed by atoms with Crippen LogP contribution in [0, 0.1) is 0 Å². The number of carbonyl (C=O) groups is 2. The molecular weight excluding hydrogens is 340 g/mol. The molecule has 1 aromatic heterocycles. The molecule has 0 spiro atoms. The third-order valence-electron chi connectivity index (χ3n) is 2.49. The van der Waals surface area contributed by atoms with Crippen LogP contribution in [0.15, 0.2) is 46.3 Å². The zero-order chi connectivity index (χ0) is 14.4. The van der Waals surface area contributed by atoms with Crippen LogP contribution in [0.25, 0.3) is 0 Å². The largest absolute Gasteiger partial charge is 0.347 e. The second-order valence-corrected chi connectivity index (χ2v) is 6.04. The van der Waals surface area contributed by atoms with E-state index in [2.05, 4.69) is 26.6 Å². The van der Waals surface area contributed by atoms with Gasteiger partial charge in [0.05, 0.1) is 13.0 Å². The molecule has 2 N–H and O–H groups in total. The molecule has 0 atom stereocenters.